The molecule has 1 rings (SSSR count). The van der Waals surface area contributed by atoms with Gasteiger partial charge in [0.1, 0.15) is 0 Å². The van der Waals surface area contributed by atoms with E-state index in [1.165, 1.54) is 0 Å². The highest BCUT2D eigenvalue weighted by Gasteiger charge is 2.15. The first kappa shape index (κ1) is 14.1. The summed E-state index contributed by atoms with van der Waals surface area (Å²) in [6.45, 7) is 4.52. The van der Waals surface area contributed by atoms with Crippen molar-refractivity contribution < 1.29 is 4.79 Å². The number of rotatable bonds is 5. The van der Waals surface area contributed by atoms with Gasteiger partial charge in [-0.05, 0) is 17.9 Å². The monoisotopic (exact) mass is 244 g/mol. The van der Waals surface area contributed by atoms with E-state index in [-0.39, 0.29) is 18.6 Å². The average molecular weight is 244 g/mol. The second-order valence-electron chi connectivity index (χ2n) is 4.62. The number of amides is 2. The summed E-state index contributed by atoms with van der Waals surface area (Å²) in [5.41, 5.74) is 1.11. The minimum Gasteiger partial charge on any atom is -0.331 e. The van der Waals surface area contributed by atoms with Crippen LogP contribution in [0.15, 0.2) is 30.3 Å². The SMILES string of the molecule is C#CCNC(=O)N[C@@H](CC(C)C)c1ccccc1. The molecule has 0 aliphatic rings. The summed E-state index contributed by atoms with van der Waals surface area (Å²) in [4.78, 5) is 11.6. The van der Waals surface area contributed by atoms with Crippen LogP contribution in [0.3, 0.4) is 0 Å². The molecular formula is C15H20N2O. The van der Waals surface area contributed by atoms with Crippen LogP contribution in [0.1, 0.15) is 31.9 Å². The highest BCUT2D eigenvalue weighted by atomic mass is 16.2. The Morgan fingerprint density at radius 2 is 2.00 bits per heavy atom. The third kappa shape index (κ3) is 4.92. The van der Waals surface area contributed by atoms with Gasteiger partial charge in [0.05, 0.1) is 12.6 Å². The molecule has 18 heavy (non-hydrogen) atoms. The molecule has 1 aromatic carbocycles. The number of hydrogen-bond acceptors (Lipinski definition) is 1. The number of terminal acetylenes is 1. The van der Waals surface area contributed by atoms with E-state index >= 15 is 0 Å². The summed E-state index contributed by atoms with van der Waals surface area (Å²) in [5, 5.41) is 5.57. The van der Waals surface area contributed by atoms with Crippen molar-refractivity contribution in [3.8, 4) is 12.3 Å². The summed E-state index contributed by atoms with van der Waals surface area (Å²) < 4.78 is 0. The lowest BCUT2D eigenvalue weighted by molar-refractivity contribution is 0.236. The standard InChI is InChI=1S/C15H20N2O/c1-4-10-16-15(18)17-14(11-12(2)3)13-8-6-5-7-9-13/h1,5-9,12,14H,10-11H2,2-3H3,(H2,16,17,18)/t14-/m0/s1. The van der Waals surface area contributed by atoms with Gasteiger partial charge in [0.25, 0.3) is 0 Å². The molecule has 0 spiro atoms. The van der Waals surface area contributed by atoms with Gasteiger partial charge in [0, 0.05) is 0 Å². The van der Waals surface area contributed by atoms with Crippen molar-refractivity contribution in [3.63, 3.8) is 0 Å². The van der Waals surface area contributed by atoms with Gasteiger partial charge in [-0.15, -0.1) is 6.42 Å². The van der Waals surface area contributed by atoms with Crippen LogP contribution in [0.25, 0.3) is 0 Å². The van der Waals surface area contributed by atoms with E-state index in [1.54, 1.807) is 0 Å². The van der Waals surface area contributed by atoms with Crippen LogP contribution in [0.4, 0.5) is 4.79 Å². The zero-order valence-electron chi connectivity index (χ0n) is 10.9. The first-order valence-electron chi connectivity index (χ1n) is 6.16. The molecule has 1 atom stereocenters. The second kappa shape index (κ2) is 7.39. The van der Waals surface area contributed by atoms with E-state index in [1.807, 2.05) is 30.3 Å². The molecule has 1 aromatic rings. The summed E-state index contributed by atoms with van der Waals surface area (Å²) >= 11 is 0. The van der Waals surface area contributed by atoms with E-state index in [9.17, 15) is 4.79 Å². The quantitative estimate of drug-likeness (QED) is 0.768. The summed E-state index contributed by atoms with van der Waals surface area (Å²) in [6, 6.07) is 9.76. The number of nitrogens with one attached hydrogen (secondary N) is 2. The molecular weight excluding hydrogens is 224 g/mol. The van der Waals surface area contributed by atoms with Crippen LogP contribution >= 0.6 is 0 Å². The summed E-state index contributed by atoms with van der Waals surface area (Å²) in [6.07, 6.45) is 6.00. The largest absolute Gasteiger partial charge is 0.331 e. The predicted molar refractivity (Wildman–Crippen MR) is 74.0 cm³/mol. The number of hydrogen-bond donors (Lipinski definition) is 2. The molecule has 2 amide bonds. The molecule has 0 aromatic heterocycles. The van der Waals surface area contributed by atoms with Crippen LogP contribution in [-0.2, 0) is 0 Å². The van der Waals surface area contributed by atoms with Gasteiger partial charge in [0.15, 0.2) is 0 Å². The normalized spacial score (nSPS) is 11.7. The van der Waals surface area contributed by atoms with Gasteiger partial charge in [-0.25, -0.2) is 4.79 Å². The number of benzene rings is 1. The van der Waals surface area contributed by atoms with Gasteiger partial charge in [0.2, 0.25) is 0 Å². The third-order valence-corrected chi connectivity index (χ3v) is 2.57. The lowest BCUT2D eigenvalue weighted by Crippen LogP contribution is -2.38. The average Bonchev–Trinajstić information content (AvgIpc) is 2.36. The van der Waals surface area contributed by atoms with E-state index < -0.39 is 0 Å². The molecule has 0 bridgehead atoms. The minimum atomic E-state index is -0.220. The number of carbonyl (C=O) groups is 1. The molecule has 3 heteroatoms. The van der Waals surface area contributed by atoms with Gasteiger partial charge < -0.3 is 10.6 Å². The molecule has 0 aliphatic heterocycles. The van der Waals surface area contributed by atoms with Crippen molar-refractivity contribution in [1.82, 2.24) is 10.6 Å². The second-order valence-corrected chi connectivity index (χ2v) is 4.62. The van der Waals surface area contributed by atoms with Crippen LogP contribution < -0.4 is 10.6 Å². The highest BCUT2D eigenvalue weighted by molar-refractivity contribution is 5.74. The van der Waals surface area contributed by atoms with Crippen LogP contribution in [-0.4, -0.2) is 12.6 Å². The van der Waals surface area contributed by atoms with E-state index in [4.69, 9.17) is 6.42 Å². The Kier molecular flexibility index (Phi) is 5.79. The molecule has 0 fully saturated rings. The lowest BCUT2D eigenvalue weighted by atomic mass is 9.97. The Bertz CT molecular complexity index is 406. The fraction of sp³-hybridized carbons (Fsp3) is 0.400. The van der Waals surface area contributed by atoms with Crippen LogP contribution in [0.2, 0.25) is 0 Å². The molecule has 0 radical (unpaired) electrons. The van der Waals surface area contributed by atoms with Crippen molar-refractivity contribution in [2.45, 2.75) is 26.3 Å². The van der Waals surface area contributed by atoms with Crippen LogP contribution in [0, 0.1) is 18.3 Å². The Morgan fingerprint density at radius 3 is 2.56 bits per heavy atom. The molecule has 0 saturated carbocycles. The Balaban J connectivity index is 2.68. The molecule has 2 N–H and O–H groups in total. The Hall–Kier alpha value is -1.95. The first-order chi connectivity index (χ1) is 8.63. The molecule has 3 nitrogen and oxygen atoms in total. The van der Waals surface area contributed by atoms with Crippen molar-refractivity contribution in [2.24, 2.45) is 5.92 Å². The fourth-order valence-electron chi connectivity index (χ4n) is 1.78. The van der Waals surface area contributed by atoms with Crippen molar-refractivity contribution in [3.05, 3.63) is 35.9 Å². The van der Waals surface area contributed by atoms with Gasteiger partial charge in [-0.2, -0.15) is 0 Å². The molecule has 96 valence electrons. The van der Waals surface area contributed by atoms with E-state index in [0.29, 0.717) is 5.92 Å². The fourth-order valence-corrected chi connectivity index (χ4v) is 1.78. The smallest absolute Gasteiger partial charge is 0.316 e. The third-order valence-electron chi connectivity index (χ3n) is 2.57. The first-order valence-corrected chi connectivity index (χ1v) is 6.16. The van der Waals surface area contributed by atoms with Gasteiger partial charge >= 0.3 is 6.03 Å². The maximum absolute atomic E-state index is 11.6. The van der Waals surface area contributed by atoms with Gasteiger partial charge in [-0.1, -0.05) is 50.1 Å². The number of urea groups is 1. The zero-order chi connectivity index (χ0) is 13.4. The van der Waals surface area contributed by atoms with Crippen LogP contribution in [0.5, 0.6) is 0 Å². The minimum absolute atomic E-state index is 0.0176. The summed E-state index contributed by atoms with van der Waals surface area (Å²) in [7, 11) is 0. The maximum Gasteiger partial charge on any atom is 0.316 e. The van der Waals surface area contributed by atoms with Crippen molar-refractivity contribution >= 4 is 6.03 Å². The number of carbonyl (C=O) groups excluding carboxylic acids is 1. The molecule has 0 aliphatic carbocycles. The molecule has 0 unspecified atom stereocenters. The van der Waals surface area contributed by atoms with Gasteiger partial charge in [-0.3, -0.25) is 0 Å². The zero-order valence-corrected chi connectivity index (χ0v) is 10.9. The molecule has 0 heterocycles. The predicted octanol–water partition coefficient (Wildman–Crippen LogP) is 2.71. The molecule has 0 saturated heterocycles. The maximum atomic E-state index is 11.6. The highest BCUT2D eigenvalue weighted by Crippen LogP contribution is 2.20. The summed E-state index contributed by atoms with van der Waals surface area (Å²) in [5.74, 6) is 2.88. The van der Waals surface area contributed by atoms with Crippen molar-refractivity contribution in [2.75, 3.05) is 6.54 Å². The topological polar surface area (TPSA) is 41.1 Å². The van der Waals surface area contributed by atoms with E-state index in [2.05, 4.69) is 30.4 Å². The Labute approximate surface area is 109 Å². The van der Waals surface area contributed by atoms with E-state index in [0.717, 1.165) is 12.0 Å². The van der Waals surface area contributed by atoms with Crippen molar-refractivity contribution in [1.29, 1.82) is 0 Å². The lowest BCUT2D eigenvalue weighted by Gasteiger charge is -2.21. The Morgan fingerprint density at radius 1 is 1.33 bits per heavy atom.